The number of nitrogens with two attached hydrogens (primary N) is 1. The highest BCUT2D eigenvalue weighted by Crippen LogP contribution is 2.14. The van der Waals surface area contributed by atoms with Crippen molar-refractivity contribution in [2.45, 2.75) is 217 Å². The summed E-state index contributed by atoms with van der Waals surface area (Å²) in [6.07, 6.45) is 12.5. The van der Waals surface area contributed by atoms with Crippen LogP contribution in [0.25, 0.3) is 0 Å². The van der Waals surface area contributed by atoms with Crippen LogP contribution in [0.4, 0.5) is 0 Å². The van der Waals surface area contributed by atoms with E-state index in [4.69, 9.17) is 5.73 Å². The maximum atomic E-state index is 13.8. The SMILES string of the molecule is CCCCCCCCCCCCCCCC(=O)NCC(=O)N[C@@H](CCC(=O)O)C(=O)N[C@H](C(=O)NC(CCC(N)=O)C(O)NC(Cc1cnc[nH]1)C(O)N[C@@H](CO)C(=O)N[C@@H](CCCC)C(=O)NC)[C@H](C)O. The molecule has 72 heavy (non-hydrogen) atoms. The minimum absolute atomic E-state index is 0.113. The largest absolute Gasteiger partial charge is 0.481 e. The number of primary amides is 1. The Hall–Kier alpha value is -5.27. The Morgan fingerprint density at radius 1 is 0.625 bits per heavy atom. The third-order valence-corrected chi connectivity index (χ3v) is 12.1. The highest BCUT2D eigenvalue weighted by Gasteiger charge is 2.35. The lowest BCUT2D eigenvalue weighted by molar-refractivity contribution is -0.138. The number of aromatic amines is 1. The van der Waals surface area contributed by atoms with E-state index in [-0.39, 0.29) is 25.2 Å². The molecule has 16 N–H and O–H groups in total. The summed E-state index contributed by atoms with van der Waals surface area (Å²) < 4.78 is 0. The van der Waals surface area contributed by atoms with Crippen LogP contribution in [-0.2, 0) is 44.8 Å². The van der Waals surface area contributed by atoms with Crippen molar-refractivity contribution in [2.75, 3.05) is 20.2 Å². The van der Waals surface area contributed by atoms with Crippen molar-refractivity contribution < 1.29 is 63.9 Å². The molecule has 0 aliphatic heterocycles. The summed E-state index contributed by atoms with van der Waals surface area (Å²) in [5.41, 5.74) is 5.83. The molecule has 0 spiro atoms. The molecule has 0 fully saturated rings. The van der Waals surface area contributed by atoms with Crippen LogP contribution in [0.3, 0.4) is 0 Å². The minimum atomic E-state index is -1.82. The Morgan fingerprint density at radius 2 is 1.19 bits per heavy atom. The molecule has 4 unspecified atom stereocenters. The summed E-state index contributed by atoms with van der Waals surface area (Å²) in [6, 6.07) is -8.36. The monoisotopic (exact) mass is 1030 g/mol. The van der Waals surface area contributed by atoms with Gasteiger partial charge in [-0.05, 0) is 32.6 Å². The number of nitrogens with one attached hydrogen (secondary N) is 9. The number of hydrogen-bond donors (Lipinski definition) is 15. The molecule has 1 aromatic rings. The summed E-state index contributed by atoms with van der Waals surface area (Å²) in [5, 5.41) is 73.2. The number of aliphatic hydroxyl groups excluding tert-OH is 4. The smallest absolute Gasteiger partial charge is 0.303 e. The van der Waals surface area contributed by atoms with Gasteiger partial charge >= 0.3 is 5.97 Å². The zero-order valence-electron chi connectivity index (χ0n) is 42.8. The average Bonchev–Trinajstić information content (AvgIpc) is 3.86. The third kappa shape index (κ3) is 28.7. The number of aromatic nitrogens is 2. The summed E-state index contributed by atoms with van der Waals surface area (Å²) in [7, 11) is 1.41. The first-order valence-corrected chi connectivity index (χ1v) is 25.7. The Kier molecular flexibility index (Phi) is 34.5. The van der Waals surface area contributed by atoms with Gasteiger partial charge in [-0.25, -0.2) is 4.98 Å². The fraction of sp³-hybridized carbons (Fsp3) is 0.771. The van der Waals surface area contributed by atoms with Crippen molar-refractivity contribution in [1.29, 1.82) is 0 Å². The topological polar surface area (TPSA) is 389 Å². The fourth-order valence-corrected chi connectivity index (χ4v) is 7.78. The molecular formula is C48H87N11O13. The molecule has 0 saturated heterocycles. The van der Waals surface area contributed by atoms with E-state index in [9.17, 15) is 63.9 Å². The van der Waals surface area contributed by atoms with Gasteiger partial charge in [0, 0.05) is 44.6 Å². The maximum absolute atomic E-state index is 13.8. The quantitative estimate of drug-likeness (QED) is 0.0289. The lowest BCUT2D eigenvalue weighted by atomic mass is 10.0. The number of carboxylic acid groups (broad SMARTS) is 1. The van der Waals surface area contributed by atoms with Crippen LogP contribution >= 0.6 is 0 Å². The number of aliphatic carboxylic acids is 1. The highest BCUT2D eigenvalue weighted by molar-refractivity contribution is 5.94. The number of hydrogen-bond acceptors (Lipinski definition) is 15. The number of unbranched alkanes of at least 4 members (excludes halogenated alkanes) is 13. The molecule has 7 amide bonds. The van der Waals surface area contributed by atoms with Crippen molar-refractivity contribution in [3.8, 4) is 0 Å². The van der Waals surface area contributed by atoms with Gasteiger partial charge in [-0.15, -0.1) is 0 Å². The molecule has 1 aromatic heterocycles. The number of carbonyl (C=O) groups is 8. The predicted molar refractivity (Wildman–Crippen MR) is 267 cm³/mol. The Bertz CT molecular complexity index is 1740. The van der Waals surface area contributed by atoms with E-state index in [1.165, 1.54) is 70.9 Å². The zero-order valence-corrected chi connectivity index (χ0v) is 42.8. The zero-order chi connectivity index (χ0) is 53.8. The first-order valence-electron chi connectivity index (χ1n) is 25.7. The third-order valence-electron chi connectivity index (χ3n) is 12.1. The van der Waals surface area contributed by atoms with Crippen molar-refractivity contribution >= 4 is 47.3 Å². The van der Waals surface area contributed by atoms with Gasteiger partial charge in [0.25, 0.3) is 0 Å². The number of carboxylic acids is 1. The lowest BCUT2D eigenvalue weighted by Crippen LogP contribution is -2.64. The van der Waals surface area contributed by atoms with Crippen LogP contribution in [0, 0.1) is 0 Å². The van der Waals surface area contributed by atoms with Gasteiger partial charge in [0.1, 0.15) is 36.6 Å². The average molecular weight is 1030 g/mol. The van der Waals surface area contributed by atoms with Gasteiger partial charge in [0.15, 0.2) is 0 Å². The number of H-pyrrole nitrogens is 1. The van der Waals surface area contributed by atoms with E-state index >= 15 is 0 Å². The predicted octanol–water partition coefficient (Wildman–Crippen LogP) is -0.518. The van der Waals surface area contributed by atoms with Crippen LogP contribution in [-0.4, -0.2) is 158 Å². The number of imidazole rings is 1. The number of amides is 7. The first-order chi connectivity index (χ1) is 34.4. The summed E-state index contributed by atoms with van der Waals surface area (Å²) in [5.74, 6) is -6.73. The van der Waals surface area contributed by atoms with Crippen LogP contribution < -0.4 is 48.3 Å². The molecule has 0 bridgehead atoms. The van der Waals surface area contributed by atoms with E-state index in [0.717, 1.165) is 39.0 Å². The normalized spacial score (nSPS) is 15.1. The van der Waals surface area contributed by atoms with Crippen molar-refractivity contribution in [3.05, 3.63) is 18.2 Å². The lowest BCUT2D eigenvalue weighted by Gasteiger charge is -2.34. The molecule has 24 nitrogen and oxygen atoms in total. The van der Waals surface area contributed by atoms with Gasteiger partial charge in [0.2, 0.25) is 41.4 Å². The minimum Gasteiger partial charge on any atom is -0.481 e. The second-order valence-corrected chi connectivity index (χ2v) is 18.3. The van der Waals surface area contributed by atoms with Gasteiger partial charge < -0.3 is 68.2 Å². The number of aliphatic hydroxyl groups is 4. The molecule has 0 saturated carbocycles. The molecule has 0 aliphatic carbocycles. The molecule has 24 heteroatoms. The van der Waals surface area contributed by atoms with Gasteiger partial charge in [0.05, 0.1) is 37.7 Å². The molecule has 1 rings (SSSR count). The summed E-state index contributed by atoms with van der Waals surface area (Å²) in [6.45, 7) is 3.94. The van der Waals surface area contributed by atoms with E-state index in [2.05, 4.69) is 59.4 Å². The first kappa shape index (κ1) is 64.7. The van der Waals surface area contributed by atoms with Crippen LogP contribution in [0.1, 0.15) is 161 Å². The van der Waals surface area contributed by atoms with Crippen molar-refractivity contribution in [3.63, 3.8) is 0 Å². The molecule has 0 aromatic carbocycles. The van der Waals surface area contributed by atoms with Gasteiger partial charge in [-0.3, -0.25) is 49.0 Å². The Morgan fingerprint density at radius 3 is 1.72 bits per heavy atom. The molecule has 0 aliphatic rings. The van der Waals surface area contributed by atoms with Gasteiger partial charge in [-0.1, -0.05) is 104 Å². The Labute approximate surface area is 423 Å². The molecule has 412 valence electrons. The maximum Gasteiger partial charge on any atom is 0.303 e. The van der Waals surface area contributed by atoms with Crippen molar-refractivity contribution in [1.82, 2.24) is 52.5 Å². The van der Waals surface area contributed by atoms with Crippen LogP contribution in [0.2, 0.25) is 0 Å². The fourth-order valence-electron chi connectivity index (χ4n) is 7.78. The Balaban J connectivity index is 3.03. The molecule has 0 radical (unpaired) electrons. The van der Waals surface area contributed by atoms with Crippen LogP contribution in [0.15, 0.2) is 12.5 Å². The molecule has 1 heterocycles. The molecule has 9 atom stereocenters. The highest BCUT2D eigenvalue weighted by atomic mass is 16.4. The number of nitrogens with zero attached hydrogens (tertiary/aromatic N) is 1. The van der Waals surface area contributed by atoms with E-state index in [1.54, 1.807) is 0 Å². The number of likely N-dealkylation sites (N-methyl/N-ethyl adjacent to an activating group) is 1. The van der Waals surface area contributed by atoms with E-state index in [1.807, 2.05) is 6.92 Å². The van der Waals surface area contributed by atoms with Crippen molar-refractivity contribution in [2.24, 2.45) is 5.73 Å². The van der Waals surface area contributed by atoms with E-state index < -0.39 is 129 Å². The second kappa shape index (κ2) is 38.4. The van der Waals surface area contributed by atoms with Gasteiger partial charge in [-0.2, -0.15) is 0 Å². The number of rotatable bonds is 43. The molecular weight excluding hydrogens is 939 g/mol. The summed E-state index contributed by atoms with van der Waals surface area (Å²) >= 11 is 0. The van der Waals surface area contributed by atoms with E-state index in [0.29, 0.717) is 25.0 Å². The van der Waals surface area contributed by atoms with Crippen LogP contribution in [0.5, 0.6) is 0 Å². The second-order valence-electron chi connectivity index (χ2n) is 18.3. The standard InChI is InChI=1S/C48H87N11O13/c1-5-7-9-10-11-12-13-14-15-16-17-18-19-21-39(63)52-28-40(64)54-34(23-25-41(65)66)45(69)59-42(31(3)61)48(72)56-35(22-24-38(49)62)44(68)57-36(26-32-27-51-30-53-32)46(70)58-37(29-60)47(71)55-33(20-8-6-2)43(67)50-4/h27,30-31,33-37,42,44,46,57-58,60-61,68,70H,5-26,28-29H2,1-4H3,(H2,49,62)(H,50,67)(H,51,53)(H,52,63)(H,54,64)(H,55,71)(H,56,72)(H,59,69)(H,65,66)/t31-,33-,34-,35?,36?,37-,42-,44?,46?/m0/s1. The summed E-state index contributed by atoms with van der Waals surface area (Å²) in [4.78, 5) is 109. The number of carbonyl (C=O) groups excluding carboxylic acids is 7.